The molecule has 0 radical (unpaired) electrons. The lowest BCUT2D eigenvalue weighted by Gasteiger charge is -2.21. The predicted molar refractivity (Wildman–Crippen MR) is 95.1 cm³/mol. The van der Waals surface area contributed by atoms with Gasteiger partial charge in [0.05, 0.1) is 18.4 Å². The second kappa shape index (κ2) is 7.09. The maximum absolute atomic E-state index is 12.4. The molecule has 2 heterocycles. The molecule has 3 rings (SSSR count). The maximum Gasteiger partial charge on any atom is 0.242 e. The lowest BCUT2D eigenvalue weighted by molar-refractivity contribution is -0.139. The Morgan fingerprint density at radius 2 is 2.20 bits per heavy atom. The normalized spacial score (nSPS) is 17.2. The van der Waals surface area contributed by atoms with Crippen LogP contribution in [0.3, 0.4) is 0 Å². The highest BCUT2D eigenvalue weighted by atomic mass is 16.2. The van der Waals surface area contributed by atoms with Crippen molar-refractivity contribution in [1.29, 1.82) is 0 Å². The number of carbonyl (C=O) groups excluding carboxylic acids is 2. The molecular weight excluding hydrogens is 316 g/mol. The minimum Gasteiger partial charge on any atom is -0.340 e. The summed E-state index contributed by atoms with van der Waals surface area (Å²) in [6, 6.07) is 8.10. The highest BCUT2D eigenvalue weighted by Crippen LogP contribution is 2.17. The van der Waals surface area contributed by atoms with Crippen molar-refractivity contribution in [3.8, 4) is 5.69 Å². The third-order valence-electron chi connectivity index (χ3n) is 4.64. The Morgan fingerprint density at radius 1 is 1.40 bits per heavy atom. The molecule has 0 bridgehead atoms. The Bertz CT molecular complexity index is 783. The van der Waals surface area contributed by atoms with Gasteiger partial charge in [-0.15, -0.1) is 0 Å². The minimum atomic E-state index is -0.0502. The quantitative estimate of drug-likeness (QED) is 0.836. The van der Waals surface area contributed by atoms with Gasteiger partial charge in [-0.25, -0.2) is 4.68 Å². The molecule has 1 atom stereocenters. The van der Waals surface area contributed by atoms with Crippen molar-refractivity contribution in [3.63, 3.8) is 0 Å². The van der Waals surface area contributed by atoms with Crippen LogP contribution in [0.5, 0.6) is 0 Å². The zero-order valence-electron chi connectivity index (χ0n) is 15.0. The number of rotatable bonds is 5. The third kappa shape index (κ3) is 3.90. The monoisotopic (exact) mass is 340 g/mol. The summed E-state index contributed by atoms with van der Waals surface area (Å²) in [5.74, 6) is 0.0606. The van der Waals surface area contributed by atoms with Crippen LogP contribution in [0.15, 0.2) is 36.7 Å². The highest BCUT2D eigenvalue weighted by Gasteiger charge is 2.29. The molecule has 1 saturated heterocycles. The van der Waals surface area contributed by atoms with E-state index < -0.39 is 0 Å². The second-order valence-corrected chi connectivity index (χ2v) is 6.83. The van der Waals surface area contributed by atoms with Crippen molar-refractivity contribution in [2.45, 2.75) is 26.8 Å². The topological polar surface area (TPSA) is 58.4 Å². The fourth-order valence-electron chi connectivity index (χ4n) is 3.05. The molecule has 6 heteroatoms. The summed E-state index contributed by atoms with van der Waals surface area (Å²) in [7, 11) is 1.76. The summed E-state index contributed by atoms with van der Waals surface area (Å²) < 4.78 is 1.81. The number of hydrogen-bond donors (Lipinski definition) is 0. The van der Waals surface area contributed by atoms with E-state index >= 15 is 0 Å². The van der Waals surface area contributed by atoms with Gasteiger partial charge in [0.25, 0.3) is 0 Å². The number of likely N-dealkylation sites (N-methyl/N-ethyl adjacent to an activating group) is 1. The van der Waals surface area contributed by atoms with Gasteiger partial charge in [0, 0.05) is 37.8 Å². The summed E-state index contributed by atoms with van der Waals surface area (Å²) in [6.45, 7) is 5.26. The first kappa shape index (κ1) is 17.2. The maximum atomic E-state index is 12.4. The number of benzene rings is 1. The summed E-state index contributed by atoms with van der Waals surface area (Å²) in [5, 5.41) is 4.38. The molecule has 1 aliphatic heterocycles. The summed E-state index contributed by atoms with van der Waals surface area (Å²) in [4.78, 5) is 27.6. The molecule has 25 heavy (non-hydrogen) atoms. The van der Waals surface area contributed by atoms with Crippen LogP contribution in [-0.4, -0.2) is 51.5 Å². The molecule has 2 amide bonds. The molecule has 1 aromatic carbocycles. The first-order chi connectivity index (χ1) is 11.9. The highest BCUT2D eigenvalue weighted by molar-refractivity contribution is 5.86. The van der Waals surface area contributed by atoms with E-state index in [1.165, 1.54) is 5.56 Å². The molecular formula is C19H24N4O2. The number of likely N-dealkylation sites (tertiary alicyclic amines) is 1. The molecule has 6 nitrogen and oxygen atoms in total. The van der Waals surface area contributed by atoms with Gasteiger partial charge in [0.15, 0.2) is 0 Å². The van der Waals surface area contributed by atoms with Gasteiger partial charge in [0.2, 0.25) is 11.8 Å². The van der Waals surface area contributed by atoms with Crippen LogP contribution in [0, 0.1) is 12.8 Å². The van der Waals surface area contributed by atoms with Gasteiger partial charge in [-0.05, 0) is 31.0 Å². The largest absolute Gasteiger partial charge is 0.340 e. The zero-order chi connectivity index (χ0) is 18.0. The molecule has 1 fully saturated rings. The fraction of sp³-hybridized carbons (Fsp3) is 0.421. The van der Waals surface area contributed by atoms with Crippen molar-refractivity contribution in [3.05, 3.63) is 47.8 Å². The lowest BCUT2D eigenvalue weighted by Crippen LogP contribution is -2.39. The van der Waals surface area contributed by atoms with Crippen LogP contribution >= 0.6 is 0 Å². The first-order valence-electron chi connectivity index (χ1n) is 8.57. The molecule has 1 aromatic heterocycles. The Morgan fingerprint density at radius 3 is 2.88 bits per heavy atom. The molecule has 0 N–H and O–H groups in total. The summed E-state index contributed by atoms with van der Waals surface area (Å²) in [6.07, 6.45) is 4.54. The number of nitrogens with zero attached hydrogens (tertiary/aromatic N) is 4. The SMILES string of the molecule is Cc1cccc(-n2cc(CN(C)C(=O)CN3CC[C@@H](C)C3=O)cn2)c1. The van der Waals surface area contributed by atoms with E-state index in [1.54, 1.807) is 23.0 Å². The Labute approximate surface area is 148 Å². The van der Waals surface area contributed by atoms with Crippen LogP contribution in [0.25, 0.3) is 5.69 Å². The van der Waals surface area contributed by atoms with Crippen molar-refractivity contribution in [2.24, 2.45) is 5.92 Å². The van der Waals surface area contributed by atoms with Gasteiger partial charge in [-0.2, -0.15) is 5.10 Å². The molecule has 2 aromatic rings. The molecule has 0 aliphatic carbocycles. The van der Waals surface area contributed by atoms with E-state index in [-0.39, 0.29) is 24.3 Å². The van der Waals surface area contributed by atoms with Crippen LogP contribution in [0.4, 0.5) is 0 Å². The minimum absolute atomic E-state index is 0.0330. The van der Waals surface area contributed by atoms with E-state index in [1.807, 2.05) is 42.9 Å². The number of aromatic nitrogens is 2. The second-order valence-electron chi connectivity index (χ2n) is 6.83. The average molecular weight is 340 g/mol. The van der Waals surface area contributed by atoms with Crippen LogP contribution in [0.2, 0.25) is 0 Å². The molecule has 0 unspecified atom stereocenters. The number of amides is 2. The number of carbonyl (C=O) groups is 2. The van der Waals surface area contributed by atoms with Crippen LogP contribution in [-0.2, 0) is 16.1 Å². The predicted octanol–water partition coefficient (Wildman–Crippen LogP) is 2.01. The molecule has 0 spiro atoms. The fourth-order valence-corrected chi connectivity index (χ4v) is 3.05. The average Bonchev–Trinajstić information content (AvgIpc) is 3.17. The van der Waals surface area contributed by atoms with E-state index in [9.17, 15) is 9.59 Å². The number of hydrogen-bond acceptors (Lipinski definition) is 3. The van der Waals surface area contributed by atoms with Crippen LogP contribution in [0.1, 0.15) is 24.5 Å². The number of aryl methyl sites for hydroxylation is 1. The van der Waals surface area contributed by atoms with Crippen LogP contribution < -0.4 is 0 Å². The smallest absolute Gasteiger partial charge is 0.242 e. The van der Waals surface area contributed by atoms with Crippen molar-refractivity contribution < 1.29 is 9.59 Å². The molecule has 132 valence electrons. The standard InChI is InChI=1S/C19H24N4O2/c1-14-5-4-6-17(9-14)23-12-16(10-20-23)11-21(3)18(24)13-22-8-7-15(2)19(22)25/h4-6,9-10,12,15H,7-8,11,13H2,1-3H3/t15-/m1/s1. The Hall–Kier alpha value is -2.63. The Balaban J connectivity index is 1.60. The zero-order valence-corrected chi connectivity index (χ0v) is 15.0. The summed E-state index contributed by atoms with van der Waals surface area (Å²) >= 11 is 0. The van der Waals surface area contributed by atoms with Gasteiger partial charge in [0.1, 0.15) is 0 Å². The van der Waals surface area contributed by atoms with Gasteiger partial charge in [-0.1, -0.05) is 19.1 Å². The third-order valence-corrected chi connectivity index (χ3v) is 4.64. The first-order valence-corrected chi connectivity index (χ1v) is 8.57. The van der Waals surface area contributed by atoms with Crippen molar-refractivity contribution in [2.75, 3.05) is 20.1 Å². The molecule has 1 aliphatic rings. The lowest BCUT2D eigenvalue weighted by atomic mass is 10.1. The van der Waals surface area contributed by atoms with E-state index in [2.05, 4.69) is 11.2 Å². The molecule has 0 saturated carbocycles. The Kier molecular flexibility index (Phi) is 4.88. The van der Waals surface area contributed by atoms with Gasteiger partial charge in [-0.3, -0.25) is 9.59 Å². The van der Waals surface area contributed by atoms with Crippen molar-refractivity contribution in [1.82, 2.24) is 19.6 Å². The van der Waals surface area contributed by atoms with Gasteiger partial charge < -0.3 is 9.80 Å². The van der Waals surface area contributed by atoms with E-state index in [0.29, 0.717) is 13.1 Å². The van der Waals surface area contributed by atoms with Gasteiger partial charge >= 0.3 is 0 Å². The summed E-state index contributed by atoms with van der Waals surface area (Å²) in [5.41, 5.74) is 3.13. The van der Waals surface area contributed by atoms with E-state index in [0.717, 1.165) is 17.7 Å². The van der Waals surface area contributed by atoms with Crippen molar-refractivity contribution >= 4 is 11.8 Å². The van der Waals surface area contributed by atoms with E-state index in [4.69, 9.17) is 0 Å².